The Balaban J connectivity index is 1.90. The Morgan fingerprint density at radius 2 is 1.95 bits per heavy atom. The van der Waals surface area contributed by atoms with Crippen molar-refractivity contribution in [2.75, 3.05) is 6.61 Å². The zero-order valence-corrected chi connectivity index (χ0v) is 11.2. The van der Waals surface area contributed by atoms with Crippen LogP contribution in [0.3, 0.4) is 0 Å². The van der Waals surface area contributed by atoms with Crippen molar-refractivity contribution in [3.63, 3.8) is 0 Å². The maximum Gasteiger partial charge on any atom is 0.349 e. The van der Waals surface area contributed by atoms with Gasteiger partial charge in [-0.15, -0.1) is 0 Å². The minimum Gasteiger partial charge on any atom is -0.482 e. The van der Waals surface area contributed by atoms with Crippen LogP contribution in [0.1, 0.15) is 5.56 Å². The molecule has 19 heavy (non-hydrogen) atoms. The van der Waals surface area contributed by atoms with Crippen molar-refractivity contribution in [1.82, 2.24) is 0 Å². The molecule has 2 aromatic carbocycles. The third-order valence-corrected chi connectivity index (χ3v) is 2.71. The maximum absolute atomic E-state index is 11.6. The number of benzene rings is 2. The third kappa shape index (κ3) is 4.00. The van der Waals surface area contributed by atoms with Crippen LogP contribution >= 0.6 is 11.6 Å². The largest absolute Gasteiger partial charge is 0.482 e. The van der Waals surface area contributed by atoms with E-state index in [4.69, 9.17) is 21.1 Å². The molecule has 0 bridgehead atoms. The van der Waals surface area contributed by atoms with Gasteiger partial charge in [0.15, 0.2) is 6.61 Å². The number of rotatable bonds is 4. The highest BCUT2D eigenvalue weighted by Gasteiger charge is 2.07. The molecule has 0 unspecified atom stereocenters. The van der Waals surface area contributed by atoms with E-state index in [1.165, 1.54) is 0 Å². The van der Waals surface area contributed by atoms with E-state index in [0.717, 1.165) is 5.56 Å². The SMILES string of the molecule is Cc1ccccc1OC(=O)COc1cccc(Cl)c1. The molecule has 0 fully saturated rings. The van der Waals surface area contributed by atoms with Gasteiger partial charge in [-0.2, -0.15) is 0 Å². The summed E-state index contributed by atoms with van der Waals surface area (Å²) >= 11 is 5.81. The van der Waals surface area contributed by atoms with E-state index in [0.29, 0.717) is 16.5 Å². The number of halogens is 1. The monoisotopic (exact) mass is 276 g/mol. The molecule has 0 amide bonds. The Kier molecular flexibility index (Phi) is 4.42. The highest BCUT2D eigenvalue weighted by atomic mass is 35.5. The fourth-order valence-corrected chi connectivity index (χ4v) is 1.70. The molecule has 0 saturated carbocycles. The van der Waals surface area contributed by atoms with Gasteiger partial charge in [0.2, 0.25) is 0 Å². The second-order valence-corrected chi connectivity index (χ2v) is 4.42. The van der Waals surface area contributed by atoms with Crippen molar-refractivity contribution >= 4 is 17.6 Å². The van der Waals surface area contributed by atoms with Gasteiger partial charge in [0, 0.05) is 5.02 Å². The lowest BCUT2D eigenvalue weighted by atomic mass is 10.2. The van der Waals surface area contributed by atoms with E-state index in [9.17, 15) is 4.79 Å². The predicted molar refractivity (Wildman–Crippen MR) is 73.8 cm³/mol. The molecular formula is C15H13ClO3. The average Bonchev–Trinajstić information content (AvgIpc) is 2.39. The smallest absolute Gasteiger partial charge is 0.349 e. The second-order valence-electron chi connectivity index (χ2n) is 3.99. The normalized spacial score (nSPS) is 10.0. The molecule has 0 radical (unpaired) electrons. The summed E-state index contributed by atoms with van der Waals surface area (Å²) in [5.74, 6) is 0.630. The van der Waals surface area contributed by atoms with Crippen molar-refractivity contribution in [3.05, 3.63) is 59.1 Å². The number of carbonyl (C=O) groups excluding carboxylic acids is 1. The zero-order valence-electron chi connectivity index (χ0n) is 10.4. The molecule has 0 aliphatic heterocycles. The number of esters is 1. The van der Waals surface area contributed by atoms with Crippen LogP contribution in [0, 0.1) is 6.92 Å². The van der Waals surface area contributed by atoms with Crippen molar-refractivity contribution in [1.29, 1.82) is 0 Å². The van der Waals surface area contributed by atoms with E-state index in [-0.39, 0.29) is 6.61 Å². The van der Waals surface area contributed by atoms with Gasteiger partial charge in [-0.25, -0.2) is 4.79 Å². The lowest BCUT2D eigenvalue weighted by Crippen LogP contribution is -2.18. The molecule has 4 heteroatoms. The van der Waals surface area contributed by atoms with Gasteiger partial charge in [-0.05, 0) is 36.8 Å². The van der Waals surface area contributed by atoms with E-state index in [1.54, 1.807) is 30.3 Å². The molecule has 0 spiro atoms. The van der Waals surface area contributed by atoms with Gasteiger partial charge in [0.1, 0.15) is 11.5 Å². The molecule has 0 N–H and O–H groups in total. The molecule has 0 atom stereocenters. The molecule has 98 valence electrons. The van der Waals surface area contributed by atoms with Gasteiger partial charge in [-0.3, -0.25) is 0 Å². The lowest BCUT2D eigenvalue weighted by Gasteiger charge is -2.08. The number of hydrogen-bond acceptors (Lipinski definition) is 3. The van der Waals surface area contributed by atoms with Crippen LogP contribution in [0.25, 0.3) is 0 Å². The van der Waals surface area contributed by atoms with Crippen molar-refractivity contribution in [2.24, 2.45) is 0 Å². The first-order valence-electron chi connectivity index (χ1n) is 5.80. The van der Waals surface area contributed by atoms with Gasteiger partial charge in [0.05, 0.1) is 0 Å². The highest BCUT2D eigenvalue weighted by Crippen LogP contribution is 2.18. The summed E-state index contributed by atoms with van der Waals surface area (Å²) in [5.41, 5.74) is 0.901. The molecule has 0 aromatic heterocycles. The molecule has 2 rings (SSSR count). The van der Waals surface area contributed by atoms with Crippen LogP contribution in [-0.2, 0) is 4.79 Å². The summed E-state index contributed by atoms with van der Waals surface area (Å²) in [7, 11) is 0. The Hall–Kier alpha value is -2.00. The van der Waals surface area contributed by atoms with Crippen LogP contribution in [0.2, 0.25) is 5.02 Å². The summed E-state index contributed by atoms with van der Waals surface area (Å²) in [6.07, 6.45) is 0. The molecule has 2 aromatic rings. The Morgan fingerprint density at radius 1 is 1.16 bits per heavy atom. The molecule has 0 saturated heterocycles. The Labute approximate surface area is 116 Å². The number of ether oxygens (including phenoxy) is 2. The first kappa shape index (κ1) is 13.4. The van der Waals surface area contributed by atoms with E-state index >= 15 is 0 Å². The minimum atomic E-state index is -0.450. The summed E-state index contributed by atoms with van der Waals surface area (Å²) in [5, 5.41) is 0.560. The van der Waals surface area contributed by atoms with Crippen molar-refractivity contribution in [3.8, 4) is 11.5 Å². The van der Waals surface area contributed by atoms with E-state index < -0.39 is 5.97 Å². The van der Waals surface area contributed by atoms with Crippen LogP contribution in [0.4, 0.5) is 0 Å². The van der Waals surface area contributed by atoms with Crippen LogP contribution in [0.15, 0.2) is 48.5 Å². The van der Waals surface area contributed by atoms with Gasteiger partial charge >= 0.3 is 5.97 Å². The molecular weight excluding hydrogens is 264 g/mol. The van der Waals surface area contributed by atoms with Crippen LogP contribution in [0.5, 0.6) is 11.5 Å². The molecule has 0 aliphatic rings. The van der Waals surface area contributed by atoms with E-state index in [1.807, 2.05) is 25.1 Å². The highest BCUT2D eigenvalue weighted by molar-refractivity contribution is 6.30. The quantitative estimate of drug-likeness (QED) is 0.632. The minimum absolute atomic E-state index is 0.158. The summed E-state index contributed by atoms with van der Waals surface area (Å²) in [6, 6.07) is 14.2. The fraction of sp³-hybridized carbons (Fsp3) is 0.133. The molecule has 0 aliphatic carbocycles. The summed E-state index contributed by atoms with van der Waals surface area (Å²) < 4.78 is 10.5. The van der Waals surface area contributed by atoms with Crippen LogP contribution in [-0.4, -0.2) is 12.6 Å². The van der Waals surface area contributed by atoms with E-state index in [2.05, 4.69) is 0 Å². The predicted octanol–water partition coefficient (Wildman–Crippen LogP) is 3.63. The third-order valence-electron chi connectivity index (χ3n) is 2.47. The standard InChI is InChI=1S/C15H13ClO3/c1-11-5-2-3-8-14(11)19-15(17)10-18-13-7-4-6-12(16)9-13/h2-9H,10H2,1H3. The number of carbonyl (C=O) groups is 1. The maximum atomic E-state index is 11.6. The van der Waals surface area contributed by atoms with Crippen molar-refractivity contribution < 1.29 is 14.3 Å². The Bertz CT molecular complexity index is 581. The molecule has 3 nitrogen and oxygen atoms in total. The second kappa shape index (κ2) is 6.25. The number of aryl methyl sites for hydroxylation is 1. The first-order valence-corrected chi connectivity index (χ1v) is 6.17. The van der Waals surface area contributed by atoms with Gasteiger partial charge in [0.25, 0.3) is 0 Å². The van der Waals surface area contributed by atoms with Gasteiger partial charge in [-0.1, -0.05) is 35.9 Å². The van der Waals surface area contributed by atoms with Crippen LogP contribution < -0.4 is 9.47 Å². The van der Waals surface area contributed by atoms with Gasteiger partial charge < -0.3 is 9.47 Å². The lowest BCUT2D eigenvalue weighted by molar-refractivity contribution is -0.136. The number of hydrogen-bond donors (Lipinski definition) is 0. The Morgan fingerprint density at radius 3 is 2.68 bits per heavy atom. The average molecular weight is 277 g/mol. The first-order chi connectivity index (χ1) is 9.15. The molecule has 0 heterocycles. The topological polar surface area (TPSA) is 35.5 Å². The fourth-order valence-electron chi connectivity index (χ4n) is 1.52. The summed E-state index contributed by atoms with van der Waals surface area (Å²) in [6.45, 7) is 1.72. The summed E-state index contributed by atoms with van der Waals surface area (Å²) in [4.78, 5) is 11.6. The number of para-hydroxylation sites is 1. The van der Waals surface area contributed by atoms with Crippen molar-refractivity contribution in [2.45, 2.75) is 6.92 Å². The zero-order chi connectivity index (χ0) is 13.7.